The van der Waals surface area contributed by atoms with E-state index in [0.717, 1.165) is 35.2 Å². The van der Waals surface area contributed by atoms with Crippen LogP contribution in [0, 0.1) is 13.8 Å². The number of amides is 1. The Kier molecular flexibility index (Phi) is 5.92. The highest BCUT2D eigenvalue weighted by molar-refractivity contribution is 9.10. The van der Waals surface area contributed by atoms with Crippen LogP contribution in [0.1, 0.15) is 39.9 Å². The molecule has 4 nitrogen and oxygen atoms in total. The molecular formula is C22H27BrN2O2. The summed E-state index contributed by atoms with van der Waals surface area (Å²) in [7, 11) is 4.02. The Balaban J connectivity index is 1.77. The van der Waals surface area contributed by atoms with Crippen LogP contribution >= 0.6 is 15.9 Å². The van der Waals surface area contributed by atoms with Gasteiger partial charge in [-0.05, 0) is 75.7 Å². The van der Waals surface area contributed by atoms with E-state index in [4.69, 9.17) is 4.74 Å². The summed E-state index contributed by atoms with van der Waals surface area (Å²) in [6.07, 6.45) is 1.93. The van der Waals surface area contributed by atoms with Crippen LogP contribution < -0.4 is 10.1 Å². The smallest absolute Gasteiger partial charge is 0.252 e. The van der Waals surface area contributed by atoms with Crippen molar-refractivity contribution in [1.29, 1.82) is 0 Å². The molecule has 0 atom stereocenters. The van der Waals surface area contributed by atoms with Crippen molar-refractivity contribution in [2.45, 2.75) is 32.2 Å². The van der Waals surface area contributed by atoms with Gasteiger partial charge in [0, 0.05) is 16.6 Å². The van der Waals surface area contributed by atoms with Crippen LogP contribution in [0.15, 0.2) is 40.9 Å². The lowest BCUT2D eigenvalue weighted by Gasteiger charge is -2.22. The lowest BCUT2D eigenvalue weighted by atomic mass is 9.98. The van der Waals surface area contributed by atoms with Gasteiger partial charge in [0.05, 0.1) is 5.54 Å². The van der Waals surface area contributed by atoms with Gasteiger partial charge in [0.2, 0.25) is 0 Å². The van der Waals surface area contributed by atoms with E-state index in [1.807, 2.05) is 51.4 Å². The van der Waals surface area contributed by atoms with Crippen LogP contribution in [0.3, 0.4) is 0 Å². The number of aryl methyl sites for hydroxylation is 1. The zero-order valence-corrected chi connectivity index (χ0v) is 18.0. The highest BCUT2D eigenvalue weighted by Crippen LogP contribution is 2.48. The van der Waals surface area contributed by atoms with Crippen LogP contribution in [-0.4, -0.2) is 38.1 Å². The van der Waals surface area contributed by atoms with Gasteiger partial charge >= 0.3 is 0 Å². The first-order chi connectivity index (χ1) is 12.8. The van der Waals surface area contributed by atoms with E-state index in [2.05, 4.69) is 39.1 Å². The molecule has 2 aromatic carbocycles. The molecule has 0 unspecified atom stereocenters. The third-order valence-electron chi connectivity index (χ3n) is 5.15. The number of rotatable bonds is 7. The third-order valence-corrected chi connectivity index (χ3v) is 6.01. The Labute approximate surface area is 170 Å². The molecule has 0 saturated heterocycles. The van der Waals surface area contributed by atoms with E-state index < -0.39 is 0 Å². The van der Waals surface area contributed by atoms with Crippen molar-refractivity contribution >= 4 is 21.8 Å². The molecule has 1 fully saturated rings. The number of halogens is 1. The normalized spacial score (nSPS) is 14.9. The molecule has 3 rings (SSSR count). The molecule has 1 N–H and O–H groups in total. The highest BCUT2D eigenvalue weighted by atomic mass is 79.9. The first-order valence-corrected chi connectivity index (χ1v) is 10.1. The van der Waals surface area contributed by atoms with Crippen LogP contribution in [0.5, 0.6) is 5.75 Å². The van der Waals surface area contributed by atoms with Gasteiger partial charge in [0.25, 0.3) is 5.91 Å². The molecule has 0 radical (unpaired) electrons. The average molecular weight is 431 g/mol. The van der Waals surface area contributed by atoms with Crippen molar-refractivity contribution in [3.05, 3.63) is 63.1 Å². The summed E-state index contributed by atoms with van der Waals surface area (Å²) in [5.74, 6) is 0.693. The highest BCUT2D eigenvalue weighted by Gasteiger charge is 2.46. The molecule has 1 amide bonds. The zero-order chi connectivity index (χ0) is 19.6. The fourth-order valence-electron chi connectivity index (χ4n) is 3.28. The van der Waals surface area contributed by atoms with Gasteiger partial charge < -0.3 is 15.0 Å². The number of carbonyl (C=O) groups excluding carboxylic acids is 1. The fraction of sp³-hybridized carbons (Fsp3) is 0.409. The zero-order valence-electron chi connectivity index (χ0n) is 16.4. The Bertz CT molecular complexity index is 844. The number of nitrogens with one attached hydrogen (secondary N) is 1. The van der Waals surface area contributed by atoms with Crippen LogP contribution in [0.4, 0.5) is 0 Å². The molecular weight excluding hydrogens is 404 g/mol. The van der Waals surface area contributed by atoms with E-state index in [1.165, 1.54) is 11.1 Å². The molecule has 2 aromatic rings. The molecule has 1 aliphatic carbocycles. The minimum Gasteiger partial charge on any atom is -0.492 e. The van der Waals surface area contributed by atoms with Crippen molar-refractivity contribution in [1.82, 2.24) is 10.2 Å². The minimum absolute atomic E-state index is 0.0394. The number of ether oxygens (including phenoxy) is 1. The second-order valence-corrected chi connectivity index (χ2v) is 8.43. The summed E-state index contributed by atoms with van der Waals surface area (Å²) >= 11 is 3.60. The Morgan fingerprint density at radius 3 is 2.63 bits per heavy atom. The van der Waals surface area contributed by atoms with Crippen molar-refractivity contribution < 1.29 is 9.53 Å². The maximum atomic E-state index is 13.0. The first-order valence-electron chi connectivity index (χ1n) is 9.29. The van der Waals surface area contributed by atoms with Crippen molar-refractivity contribution in [3.63, 3.8) is 0 Å². The van der Waals surface area contributed by atoms with Crippen LogP contribution in [0.25, 0.3) is 0 Å². The van der Waals surface area contributed by atoms with E-state index in [9.17, 15) is 4.79 Å². The maximum absolute atomic E-state index is 13.0. The minimum atomic E-state index is -0.251. The molecule has 0 aromatic heterocycles. The standard InChI is InChI=1S/C22H27BrN2O2/c1-15-8-9-17(27-13-12-25(3)4)14-18(15)21(26)24-22(10-11-22)19-6-5-7-20(23)16(19)2/h5-9,14H,10-13H2,1-4H3,(H,24,26). The molecule has 27 heavy (non-hydrogen) atoms. The average Bonchev–Trinajstić information content (AvgIpc) is 3.38. The van der Waals surface area contributed by atoms with Gasteiger partial charge in [-0.25, -0.2) is 0 Å². The monoisotopic (exact) mass is 430 g/mol. The largest absolute Gasteiger partial charge is 0.492 e. The van der Waals surface area contributed by atoms with Crippen molar-refractivity contribution in [3.8, 4) is 5.75 Å². The number of hydrogen-bond donors (Lipinski definition) is 1. The van der Waals surface area contributed by atoms with Crippen molar-refractivity contribution in [2.24, 2.45) is 0 Å². The lowest BCUT2D eigenvalue weighted by molar-refractivity contribution is 0.0929. The molecule has 0 heterocycles. The van der Waals surface area contributed by atoms with Crippen LogP contribution in [0.2, 0.25) is 0 Å². The number of benzene rings is 2. The quantitative estimate of drug-likeness (QED) is 0.706. The van der Waals surface area contributed by atoms with Gasteiger partial charge in [-0.1, -0.05) is 34.1 Å². The Morgan fingerprint density at radius 2 is 1.96 bits per heavy atom. The van der Waals surface area contributed by atoms with Crippen molar-refractivity contribution in [2.75, 3.05) is 27.2 Å². The summed E-state index contributed by atoms with van der Waals surface area (Å²) in [6, 6.07) is 11.9. The first kappa shape index (κ1) is 19.9. The van der Waals surface area contributed by atoms with Gasteiger partial charge in [-0.15, -0.1) is 0 Å². The fourth-order valence-corrected chi connectivity index (χ4v) is 3.65. The molecule has 1 aliphatic rings. The van der Waals surface area contributed by atoms with Gasteiger partial charge in [-0.3, -0.25) is 4.79 Å². The Morgan fingerprint density at radius 1 is 1.22 bits per heavy atom. The van der Waals surface area contributed by atoms with Gasteiger partial charge in [-0.2, -0.15) is 0 Å². The summed E-state index contributed by atoms with van der Waals surface area (Å²) in [6.45, 7) is 5.48. The second kappa shape index (κ2) is 8.03. The van der Waals surface area contributed by atoms with E-state index in [-0.39, 0.29) is 11.4 Å². The number of carbonyl (C=O) groups is 1. The SMILES string of the molecule is Cc1ccc(OCCN(C)C)cc1C(=O)NC1(c2cccc(Br)c2C)CC1. The van der Waals surface area contributed by atoms with E-state index in [1.54, 1.807) is 0 Å². The lowest BCUT2D eigenvalue weighted by Crippen LogP contribution is -2.35. The summed E-state index contributed by atoms with van der Waals surface area (Å²) in [5, 5.41) is 3.29. The molecule has 144 valence electrons. The predicted octanol–water partition coefficient (Wildman–Crippen LogP) is 4.43. The number of likely N-dealkylation sites (N-methyl/N-ethyl adjacent to an activating group) is 1. The maximum Gasteiger partial charge on any atom is 0.252 e. The van der Waals surface area contributed by atoms with E-state index in [0.29, 0.717) is 12.2 Å². The van der Waals surface area contributed by atoms with E-state index >= 15 is 0 Å². The molecule has 0 spiro atoms. The Hall–Kier alpha value is -1.85. The second-order valence-electron chi connectivity index (χ2n) is 7.58. The molecule has 1 saturated carbocycles. The topological polar surface area (TPSA) is 41.6 Å². The number of hydrogen-bond acceptors (Lipinski definition) is 3. The van der Waals surface area contributed by atoms with Gasteiger partial charge in [0.1, 0.15) is 12.4 Å². The summed E-state index contributed by atoms with van der Waals surface area (Å²) in [5.41, 5.74) is 3.76. The van der Waals surface area contributed by atoms with Gasteiger partial charge in [0.15, 0.2) is 0 Å². The molecule has 0 aliphatic heterocycles. The van der Waals surface area contributed by atoms with Crippen LogP contribution in [-0.2, 0) is 5.54 Å². The summed E-state index contributed by atoms with van der Waals surface area (Å²) < 4.78 is 6.88. The predicted molar refractivity (Wildman–Crippen MR) is 112 cm³/mol. The molecule has 0 bridgehead atoms. The molecule has 5 heteroatoms. The summed E-state index contributed by atoms with van der Waals surface area (Å²) in [4.78, 5) is 15.1. The third kappa shape index (κ3) is 4.53. The number of nitrogens with zero attached hydrogens (tertiary/aromatic N) is 1.